The van der Waals surface area contributed by atoms with Crippen molar-refractivity contribution >= 4 is 15.8 Å². The number of hydrogen-bond donors (Lipinski definition) is 1. The predicted octanol–water partition coefficient (Wildman–Crippen LogP) is 1.45. The van der Waals surface area contributed by atoms with Gasteiger partial charge in [0.15, 0.2) is 9.84 Å². The maximum absolute atomic E-state index is 11.6. The monoisotopic (exact) mass is 259 g/mol. The summed E-state index contributed by atoms with van der Waals surface area (Å²) in [6, 6.07) is 0. The van der Waals surface area contributed by atoms with Crippen LogP contribution in [0.2, 0.25) is 0 Å². The highest BCUT2D eigenvalue weighted by Crippen LogP contribution is 2.16. The molecule has 1 rings (SSSR count). The van der Waals surface area contributed by atoms with E-state index in [0.29, 0.717) is 6.54 Å². The Balaban J connectivity index is 2.80. The van der Waals surface area contributed by atoms with Crippen LogP contribution in [0.25, 0.3) is 0 Å². The summed E-state index contributed by atoms with van der Waals surface area (Å²) >= 11 is 0. The van der Waals surface area contributed by atoms with Crippen LogP contribution in [0.5, 0.6) is 0 Å². The van der Waals surface area contributed by atoms with Crippen molar-refractivity contribution < 1.29 is 8.42 Å². The molecule has 0 aromatic carbocycles. The van der Waals surface area contributed by atoms with Crippen molar-refractivity contribution in [1.29, 1.82) is 0 Å². The number of imidazole rings is 1. The van der Waals surface area contributed by atoms with Crippen LogP contribution >= 0.6 is 0 Å². The Labute approximate surface area is 103 Å². The summed E-state index contributed by atoms with van der Waals surface area (Å²) in [5.41, 5.74) is 0.923. The van der Waals surface area contributed by atoms with Gasteiger partial charge in [0.1, 0.15) is 0 Å². The zero-order chi connectivity index (χ0) is 13.3. The van der Waals surface area contributed by atoms with Gasteiger partial charge < -0.3 is 9.88 Å². The molecule has 1 aromatic heterocycles. The predicted molar refractivity (Wildman–Crippen MR) is 70.1 cm³/mol. The molecule has 0 aliphatic carbocycles. The first-order chi connectivity index (χ1) is 7.67. The zero-order valence-electron chi connectivity index (χ0n) is 11.1. The summed E-state index contributed by atoms with van der Waals surface area (Å²) in [6.45, 7) is 8.51. The second kappa shape index (κ2) is 4.68. The van der Waals surface area contributed by atoms with Gasteiger partial charge in [-0.15, -0.1) is 0 Å². The van der Waals surface area contributed by atoms with E-state index in [1.54, 1.807) is 13.8 Å². The summed E-state index contributed by atoms with van der Waals surface area (Å²) in [5.74, 6) is 0.724. The summed E-state index contributed by atoms with van der Waals surface area (Å²) in [6.07, 6.45) is 3.20. The molecule has 1 heterocycles. The third-order valence-corrected chi connectivity index (χ3v) is 5.07. The van der Waals surface area contributed by atoms with Gasteiger partial charge >= 0.3 is 0 Å². The van der Waals surface area contributed by atoms with Crippen LogP contribution in [-0.2, 0) is 16.4 Å². The van der Waals surface area contributed by atoms with Crippen molar-refractivity contribution in [3.63, 3.8) is 0 Å². The Morgan fingerprint density at radius 1 is 1.47 bits per heavy atom. The van der Waals surface area contributed by atoms with Crippen LogP contribution in [0.3, 0.4) is 0 Å². The van der Waals surface area contributed by atoms with Gasteiger partial charge in [0, 0.05) is 25.5 Å². The van der Waals surface area contributed by atoms with Gasteiger partial charge in [-0.25, -0.2) is 13.4 Å². The van der Waals surface area contributed by atoms with E-state index in [9.17, 15) is 8.42 Å². The van der Waals surface area contributed by atoms with E-state index in [1.807, 2.05) is 24.6 Å². The number of nitrogens with zero attached hydrogens (tertiary/aromatic N) is 2. The van der Waals surface area contributed by atoms with Gasteiger partial charge in [0.2, 0.25) is 5.95 Å². The molecule has 0 atom stereocenters. The van der Waals surface area contributed by atoms with Crippen LogP contribution in [-0.4, -0.2) is 35.5 Å². The molecule has 0 bridgehead atoms. The SMILES string of the molecule is CCn1cc(C)nc1NCC(C)(C)S(C)(=O)=O. The highest BCUT2D eigenvalue weighted by molar-refractivity contribution is 7.92. The molecule has 0 unspecified atom stereocenters. The highest BCUT2D eigenvalue weighted by Gasteiger charge is 2.30. The fraction of sp³-hybridized carbons (Fsp3) is 0.727. The quantitative estimate of drug-likeness (QED) is 0.869. The Kier molecular flexibility index (Phi) is 3.86. The average Bonchev–Trinajstić information content (AvgIpc) is 2.54. The Hall–Kier alpha value is -1.04. The molecule has 0 amide bonds. The first-order valence-electron chi connectivity index (χ1n) is 5.64. The largest absolute Gasteiger partial charge is 0.354 e. The average molecular weight is 259 g/mol. The Morgan fingerprint density at radius 2 is 2.06 bits per heavy atom. The molecular weight excluding hydrogens is 238 g/mol. The van der Waals surface area contributed by atoms with Crippen molar-refractivity contribution in [2.24, 2.45) is 0 Å². The van der Waals surface area contributed by atoms with Crippen LogP contribution in [0, 0.1) is 6.92 Å². The lowest BCUT2D eigenvalue weighted by Gasteiger charge is -2.23. The van der Waals surface area contributed by atoms with Crippen molar-refractivity contribution in [1.82, 2.24) is 9.55 Å². The van der Waals surface area contributed by atoms with Gasteiger partial charge in [-0.1, -0.05) is 0 Å². The summed E-state index contributed by atoms with van der Waals surface area (Å²) in [5, 5.41) is 3.10. The fourth-order valence-electron chi connectivity index (χ4n) is 1.35. The molecule has 0 radical (unpaired) electrons. The second-order valence-corrected chi connectivity index (χ2v) is 7.53. The number of hydrogen-bond acceptors (Lipinski definition) is 4. The topological polar surface area (TPSA) is 64.0 Å². The van der Waals surface area contributed by atoms with E-state index in [-0.39, 0.29) is 0 Å². The standard InChI is InChI=1S/C11H21N3O2S/c1-6-14-7-9(2)13-10(14)12-8-11(3,4)17(5,15)16/h7H,6,8H2,1-5H3,(H,12,13). The maximum Gasteiger partial charge on any atom is 0.203 e. The molecule has 0 spiro atoms. The maximum atomic E-state index is 11.6. The lowest BCUT2D eigenvalue weighted by molar-refractivity contribution is 0.558. The number of aryl methyl sites for hydroxylation is 2. The third-order valence-electron chi connectivity index (χ3n) is 2.91. The molecule has 5 nitrogen and oxygen atoms in total. The highest BCUT2D eigenvalue weighted by atomic mass is 32.2. The number of sulfone groups is 1. The first kappa shape index (κ1) is 14.0. The van der Waals surface area contributed by atoms with E-state index in [2.05, 4.69) is 10.3 Å². The summed E-state index contributed by atoms with van der Waals surface area (Å²) < 4.78 is 24.3. The van der Waals surface area contributed by atoms with Crippen molar-refractivity contribution in [3.8, 4) is 0 Å². The number of nitrogens with one attached hydrogen (secondary N) is 1. The lowest BCUT2D eigenvalue weighted by Crippen LogP contribution is -2.38. The van der Waals surface area contributed by atoms with Gasteiger partial charge in [-0.05, 0) is 27.7 Å². The van der Waals surface area contributed by atoms with Crippen molar-refractivity contribution in [3.05, 3.63) is 11.9 Å². The molecule has 17 heavy (non-hydrogen) atoms. The fourth-order valence-corrected chi connectivity index (χ4v) is 1.69. The molecule has 1 aromatic rings. The molecule has 6 heteroatoms. The minimum absolute atomic E-state index is 0.349. The molecule has 0 saturated heterocycles. The van der Waals surface area contributed by atoms with E-state index in [4.69, 9.17) is 0 Å². The minimum Gasteiger partial charge on any atom is -0.354 e. The lowest BCUT2D eigenvalue weighted by atomic mass is 10.2. The van der Waals surface area contributed by atoms with Gasteiger partial charge in [0.25, 0.3) is 0 Å². The van der Waals surface area contributed by atoms with Gasteiger partial charge in [0.05, 0.1) is 10.4 Å². The van der Waals surface area contributed by atoms with Crippen molar-refractivity contribution in [2.45, 2.75) is 39.0 Å². The normalized spacial score (nSPS) is 12.8. The van der Waals surface area contributed by atoms with Crippen LogP contribution < -0.4 is 5.32 Å². The number of anilines is 1. The second-order valence-electron chi connectivity index (χ2n) is 4.88. The third kappa shape index (κ3) is 3.21. The number of aromatic nitrogens is 2. The number of rotatable bonds is 5. The molecule has 0 saturated carbocycles. The molecule has 1 N–H and O–H groups in total. The molecule has 0 fully saturated rings. The zero-order valence-corrected chi connectivity index (χ0v) is 11.9. The van der Waals surface area contributed by atoms with E-state index in [0.717, 1.165) is 18.2 Å². The molecule has 0 aliphatic rings. The van der Waals surface area contributed by atoms with E-state index < -0.39 is 14.6 Å². The van der Waals surface area contributed by atoms with Gasteiger partial charge in [-0.2, -0.15) is 0 Å². The molecule has 0 aliphatic heterocycles. The minimum atomic E-state index is -3.08. The van der Waals surface area contributed by atoms with Crippen LogP contribution in [0.15, 0.2) is 6.20 Å². The van der Waals surface area contributed by atoms with E-state index in [1.165, 1.54) is 6.26 Å². The summed E-state index contributed by atoms with van der Waals surface area (Å²) in [4.78, 5) is 4.32. The molecule has 98 valence electrons. The Morgan fingerprint density at radius 3 is 2.53 bits per heavy atom. The van der Waals surface area contributed by atoms with Crippen LogP contribution in [0.4, 0.5) is 5.95 Å². The van der Waals surface area contributed by atoms with Crippen molar-refractivity contribution in [2.75, 3.05) is 18.1 Å². The Bertz CT molecular complexity index is 489. The summed E-state index contributed by atoms with van der Waals surface area (Å²) in [7, 11) is -3.08. The molecular formula is C11H21N3O2S. The first-order valence-corrected chi connectivity index (χ1v) is 7.54. The van der Waals surface area contributed by atoms with E-state index >= 15 is 0 Å². The smallest absolute Gasteiger partial charge is 0.203 e. The van der Waals surface area contributed by atoms with Crippen LogP contribution in [0.1, 0.15) is 26.5 Å². The van der Waals surface area contributed by atoms with Gasteiger partial charge in [-0.3, -0.25) is 0 Å².